The van der Waals surface area contributed by atoms with Gasteiger partial charge in [0.05, 0.1) is 10.6 Å². The molecule has 33 heavy (non-hydrogen) atoms. The summed E-state index contributed by atoms with van der Waals surface area (Å²) in [5, 5.41) is 15.0. The number of carbonyl (C=O) groups is 1. The zero-order valence-corrected chi connectivity index (χ0v) is 18.4. The van der Waals surface area contributed by atoms with E-state index in [4.69, 9.17) is 26.2 Å². The van der Waals surface area contributed by atoms with E-state index in [-0.39, 0.29) is 23.0 Å². The van der Waals surface area contributed by atoms with E-state index in [9.17, 15) is 9.18 Å². The van der Waals surface area contributed by atoms with Crippen molar-refractivity contribution in [1.82, 2.24) is 5.01 Å². The Kier molecular flexibility index (Phi) is 5.57. The van der Waals surface area contributed by atoms with E-state index >= 15 is 0 Å². The normalized spacial score (nSPS) is 16.7. The zero-order chi connectivity index (χ0) is 22.9. The maximum absolute atomic E-state index is 13.4. The highest BCUT2D eigenvalue weighted by Crippen LogP contribution is 2.30. The van der Waals surface area contributed by atoms with E-state index in [0.29, 0.717) is 33.0 Å². The number of fused-ring (bicyclic) bond motifs is 1. The summed E-state index contributed by atoms with van der Waals surface area (Å²) in [7, 11) is 0. The van der Waals surface area contributed by atoms with Crippen molar-refractivity contribution in [3.63, 3.8) is 0 Å². The topological polar surface area (TPSA) is 91.2 Å². The molecule has 2 aliphatic heterocycles. The Balaban J connectivity index is 1.35. The van der Waals surface area contributed by atoms with Gasteiger partial charge in [-0.3, -0.25) is 10.2 Å². The van der Waals surface area contributed by atoms with Crippen LogP contribution in [0.25, 0.3) is 17.4 Å². The Morgan fingerprint density at radius 2 is 2.00 bits per heavy atom. The molecule has 0 atom stereocenters. The largest absolute Gasteiger partial charge is 0.487 e. The van der Waals surface area contributed by atoms with Crippen LogP contribution in [0.15, 0.2) is 80.7 Å². The Bertz CT molecular complexity index is 1370. The molecule has 2 aromatic carbocycles. The first kappa shape index (κ1) is 21.2. The van der Waals surface area contributed by atoms with Crippen molar-refractivity contribution in [2.75, 3.05) is 6.61 Å². The highest BCUT2D eigenvalue weighted by Gasteiger charge is 2.36. The lowest BCUT2D eigenvalue weighted by Gasteiger charge is -2.19. The molecule has 10 heteroatoms. The second-order valence-corrected chi connectivity index (χ2v) is 8.39. The van der Waals surface area contributed by atoms with Crippen LogP contribution in [-0.2, 0) is 4.79 Å². The average Bonchev–Trinajstić information content (AvgIpc) is 3.45. The minimum atomic E-state index is -0.568. The maximum Gasteiger partial charge on any atom is 0.283 e. The number of para-hydroxylation sites is 1. The van der Waals surface area contributed by atoms with Crippen LogP contribution in [0.2, 0.25) is 5.02 Å². The van der Waals surface area contributed by atoms with Crippen molar-refractivity contribution in [3.05, 3.63) is 82.8 Å². The number of ether oxygens (including phenoxy) is 1. The Labute approximate surface area is 196 Å². The molecule has 3 heterocycles. The molecule has 0 radical (unpaired) electrons. The number of amides is 1. The number of aliphatic imine (C=N–C) groups is 1. The van der Waals surface area contributed by atoms with Crippen LogP contribution < -0.4 is 4.74 Å². The van der Waals surface area contributed by atoms with E-state index in [1.807, 2.05) is 30.3 Å². The number of rotatable bonds is 5. The number of nitrogens with one attached hydrogen (secondary N) is 1. The third-order valence-electron chi connectivity index (χ3n) is 4.72. The number of nitrogens with zero attached hydrogens (tertiary/aromatic N) is 3. The first-order valence-corrected chi connectivity index (χ1v) is 10.9. The summed E-state index contributed by atoms with van der Waals surface area (Å²) < 4.78 is 24.9. The number of benzene rings is 2. The zero-order valence-electron chi connectivity index (χ0n) is 16.8. The molecule has 0 spiro atoms. The van der Waals surface area contributed by atoms with Gasteiger partial charge in [-0.1, -0.05) is 29.8 Å². The maximum atomic E-state index is 13.4. The fourth-order valence-corrected chi connectivity index (χ4v) is 4.11. The Morgan fingerprint density at radius 1 is 1.18 bits per heavy atom. The fraction of sp³-hybridized carbons (Fsp3) is 0.0435. The van der Waals surface area contributed by atoms with Crippen molar-refractivity contribution in [3.8, 4) is 17.1 Å². The molecule has 3 aromatic rings. The van der Waals surface area contributed by atoms with Gasteiger partial charge in [0.2, 0.25) is 5.17 Å². The molecule has 0 unspecified atom stereocenters. The van der Waals surface area contributed by atoms with Crippen LogP contribution in [0.4, 0.5) is 4.39 Å². The summed E-state index contributed by atoms with van der Waals surface area (Å²) in [6.07, 6.45) is 1.43. The standard InChI is InChI=1S/C23H14ClFN4O3S/c24-17-10-13(6-8-18(17)25)19-9-7-15(32-19)11-16-21(26)29-23(27-22(16)30)33-20(28-29)12-31-14-4-2-1-3-5-14/h1-11,26H,12H2/b16-11-,26-21?. The molecule has 164 valence electrons. The van der Waals surface area contributed by atoms with Crippen molar-refractivity contribution in [1.29, 1.82) is 5.41 Å². The number of hydrogen-bond donors (Lipinski definition) is 1. The SMILES string of the molecule is N=C1/C(=C/c2ccc(-c3ccc(F)c(Cl)c3)o2)C(=O)N=C2SC(COc3ccccc3)=NN12. The van der Waals surface area contributed by atoms with Gasteiger partial charge < -0.3 is 9.15 Å². The van der Waals surface area contributed by atoms with Crippen LogP contribution in [0.3, 0.4) is 0 Å². The number of amidine groups is 2. The lowest BCUT2D eigenvalue weighted by Crippen LogP contribution is -2.35. The predicted molar refractivity (Wildman–Crippen MR) is 126 cm³/mol. The van der Waals surface area contributed by atoms with Gasteiger partial charge in [0.1, 0.15) is 34.7 Å². The van der Waals surface area contributed by atoms with Gasteiger partial charge >= 0.3 is 0 Å². The molecule has 1 aromatic heterocycles. The number of furan rings is 1. The summed E-state index contributed by atoms with van der Waals surface area (Å²) >= 11 is 7.02. The third-order valence-corrected chi connectivity index (χ3v) is 5.89. The van der Waals surface area contributed by atoms with Crippen molar-refractivity contribution in [2.24, 2.45) is 10.1 Å². The number of thioether (sulfide) groups is 1. The molecule has 1 amide bonds. The minimum absolute atomic E-state index is 0.0219. The lowest BCUT2D eigenvalue weighted by atomic mass is 10.1. The summed E-state index contributed by atoms with van der Waals surface area (Å²) in [4.78, 5) is 16.6. The molecule has 0 saturated heterocycles. The van der Waals surface area contributed by atoms with Crippen LogP contribution in [0.1, 0.15) is 5.76 Å². The third kappa shape index (κ3) is 4.33. The molecular formula is C23H14ClFN4O3S. The van der Waals surface area contributed by atoms with Crippen molar-refractivity contribution < 1.29 is 18.3 Å². The molecule has 0 aliphatic carbocycles. The van der Waals surface area contributed by atoms with Crippen LogP contribution in [-0.4, -0.2) is 33.6 Å². The van der Waals surface area contributed by atoms with E-state index in [0.717, 1.165) is 0 Å². The average molecular weight is 481 g/mol. The van der Waals surface area contributed by atoms with E-state index < -0.39 is 11.7 Å². The van der Waals surface area contributed by atoms with Crippen molar-refractivity contribution >= 4 is 51.4 Å². The molecule has 0 saturated carbocycles. The van der Waals surface area contributed by atoms with E-state index in [2.05, 4.69) is 10.1 Å². The first-order chi connectivity index (χ1) is 16.0. The highest BCUT2D eigenvalue weighted by molar-refractivity contribution is 8.27. The highest BCUT2D eigenvalue weighted by atomic mass is 35.5. The first-order valence-electron chi connectivity index (χ1n) is 9.70. The molecule has 2 aliphatic rings. The number of halogens is 2. The number of hydrogen-bond acceptors (Lipinski definition) is 6. The van der Waals surface area contributed by atoms with Crippen LogP contribution >= 0.6 is 23.4 Å². The smallest absolute Gasteiger partial charge is 0.283 e. The lowest BCUT2D eigenvalue weighted by molar-refractivity contribution is -0.114. The quantitative estimate of drug-likeness (QED) is 0.491. The molecule has 5 rings (SSSR count). The molecular weight excluding hydrogens is 467 g/mol. The van der Waals surface area contributed by atoms with Gasteiger partial charge in [-0.25, -0.2) is 4.39 Å². The summed E-state index contributed by atoms with van der Waals surface area (Å²) in [6.45, 7) is 0.187. The second-order valence-electron chi connectivity index (χ2n) is 6.95. The monoisotopic (exact) mass is 480 g/mol. The Hall–Kier alpha value is -3.69. The van der Waals surface area contributed by atoms with Crippen LogP contribution in [0.5, 0.6) is 5.75 Å². The van der Waals surface area contributed by atoms with E-state index in [1.165, 1.54) is 41.0 Å². The number of hydrazone groups is 1. The summed E-state index contributed by atoms with van der Waals surface area (Å²) in [5.41, 5.74) is 0.617. The molecule has 0 fully saturated rings. The number of carbonyl (C=O) groups excluding carboxylic acids is 1. The fourth-order valence-electron chi connectivity index (χ4n) is 3.13. The van der Waals surface area contributed by atoms with Gasteiger partial charge in [0, 0.05) is 5.56 Å². The van der Waals surface area contributed by atoms with Gasteiger partial charge in [0.15, 0.2) is 5.84 Å². The second kappa shape index (κ2) is 8.68. The van der Waals surface area contributed by atoms with E-state index in [1.54, 1.807) is 12.1 Å². The van der Waals surface area contributed by atoms with Crippen LogP contribution in [0, 0.1) is 11.2 Å². The summed E-state index contributed by atoms with van der Waals surface area (Å²) in [5.74, 6) is 0.257. The van der Waals surface area contributed by atoms with Gasteiger partial charge in [-0.2, -0.15) is 15.1 Å². The summed E-state index contributed by atoms with van der Waals surface area (Å²) in [6, 6.07) is 16.8. The predicted octanol–water partition coefficient (Wildman–Crippen LogP) is 5.44. The van der Waals surface area contributed by atoms with Crippen molar-refractivity contribution in [2.45, 2.75) is 0 Å². The minimum Gasteiger partial charge on any atom is -0.487 e. The van der Waals surface area contributed by atoms with Gasteiger partial charge in [-0.15, -0.1) is 0 Å². The van der Waals surface area contributed by atoms with Gasteiger partial charge in [0.25, 0.3) is 5.91 Å². The molecule has 7 nitrogen and oxygen atoms in total. The molecule has 1 N–H and O–H groups in total. The van der Waals surface area contributed by atoms with Gasteiger partial charge in [-0.05, 0) is 60.3 Å². The Morgan fingerprint density at radius 3 is 2.79 bits per heavy atom. The molecule has 0 bridgehead atoms.